The fraction of sp³-hybridized carbons (Fsp3) is 0.0909. The van der Waals surface area contributed by atoms with Crippen molar-refractivity contribution in [2.75, 3.05) is 19.0 Å². The molecule has 114 valence electrons. The first kappa shape index (κ1) is 15.1. The first-order valence-corrected chi connectivity index (χ1v) is 7.83. The van der Waals surface area contributed by atoms with E-state index in [9.17, 15) is 0 Å². The molecule has 0 aliphatic heterocycles. The second-order valence-corrected chi connectivity index (χ2v) is 5.81. The van der Waals surface area contributed by atoms with E-state index >= 15 is 0 Å². The maximum absolute atomic E-state index is 2.22. The van der Waals surface area contributed by atoms with E-state index in [1.807, 2.05) is 6.07 Å². The van der Waals surface area contributed by atoms with Crippen molar-refractivity contribution in [2.24, 2.45) is 0 Å². The van der Waals surface area contributed by atoms with E-state index in [1.54, 1.807) is 0 Å². The molecule has 0 radical (unpaired) electrons. The van der Waals surface area contributed by atoms with E-state index in [-0.39, 0.29) is 0 Å². The lowest BCUT2D eigenvalue weighted by molar-refractivity contribution is 1.13. The van der Waals surface area contributed by atoms with E-state index < -0.39 is 0 Å². The van der Waals surface area contributed by atoms with Gasteiger partial charge in [0.05, 0.1) is 0 Å². The molecule has 0 aliphatic rings. The Morgan fingerprint density at radius 3 is 1.96 bits per heavy atom. The van der Waals surface area contributed by atoms with Crippen molar-refractivity contribution in [1.82, 2.24) is 0 Å². The Bertz CT molecular complexity index is 784. The predicted octanol–water partition coefficient (Wildman–Crippen LogP) is 5.59. The lowest BCUT2D eigenvalue weighted by Gasteiger charge is -2.11. The second kappa shape index (κ2) is 6.97. The van der Waals surface area contributed by atoms with Crippen molar-refractivity contribution in [3.63, 3.8) is 0 Å². The number of benzene rings is 3. The molecule has 0 unspecified atom stereocenters. The Balaban J connectivity index is 1.80. The van der Waals surface area contributed by atoms with E-state index in [0.717, 1.165) is 0 Å². The fourth-order valence-electron chi connectivity index (χ4n) is 2.53. The zero-order valence-corrected chi connectivity index (χ0v) is 13.6. The minimum atomic E-state index is 1.21. The lowest BCUT2D eigenvalue weighted by Crippen LogP contribution is -2.07. The molecule has 23 heavy (non-hydrogen) atoms. The van der Waals surface area contributed by atoms with Crippen molar-refractivity contribution >= 4 is 17.8 Å². The number of anilines is 1. The van der Waals surface area contributed by atoms with Crippen LogP contribution >= 0.6 is 0 Å². The molecule has 0 spiro atoms. The normalized spacial score (nSPS) is 10.9. The van der Waals surface area contributed by atoms with Crippen molar-refractivity contribution in [1.29, 1.82) is 0 Å². The standard InChI is InChI=1S/C22H21N/c1-23(2)22-15-13-18(14-16-22)11-12-19-7-6-10-21(17-19)20-8-4-3-5-9-20/h3-17H,1-2H3/b12-11+. The molecule has 3 aromatic rings. The Morgan fingerprint density at radius 1 is 0.609 bits per heavy atom. The van der Waals surface area contributed by atoms with E-state index in [2.05, 4.69) is 104 Å². The summed E-state index contributed by atoms with van der Waals surface area (Å²) in [7, 11) is 4.11. The summed E-state index contributed by atoms with van der Waals surface area (Å²) in [5, 5.41) is 0. The molecule has 3 aromatic carbocycles. The quantitative estimate of drug-likeness (QED) is 0.568. The van der Waals surface area contributed by atoms with Crippen LogP contribution in [0.5, 0.6) is 0 Å². The zero-order valence-electron chi connectivity index (χ0n) is 13.6. The van der Waals surface area contributed by atoms with Gasteiger partial charge < -0.3 is 4.90 Å². The van der Waals surface area contributed by atoms with Crippen LogP contribution < -0.4 is 4.90 Å². The minimum Gasteiger partial charge on any atom is -0.378 e. The second-order valence-electron chi connectivity index (χ2n) is 5.81. The van der Waals surface area contributed by atoms with Crippen molar-refractivity contribution < 1.29 is 0 Å². The largest absolute Gasteiger partial charge is 0.378 e. The first-order chi connectivity index (χ1) is 11.2. The molecule has 0 saturated heterocycles. The molecule has 0 atom stereocenters. The smallest absolute Gasteiger partial charge is 0.0361 e. The predicted molar refractivity (Wildman–Crippen MR) is 102 cm³/mol. The van der Waals surface area contributed by atoms with Crippen LogP contribution in [-0.4, -0.2) is 14.1 Å². The number of hydrogen-bond donors (Lipinski definition) is 0. The lowest BCUT2D eigenvalue weighted by atomic mass is 10.0. The SMILES string of the molecule is CN(C)c1ccc(/C=C/c2cccc(-c3ccccc3)c2)cc1. The van der Waals surface area contributed by atoms with Gasteiger partial charge in [-0.1, -0.05) is 72.8 Å². The van der Waals surface area contributed by atoms with Crippen molar-refractivity contribution in [3.05, 3.63) is 90.0 Å². The molecule has 0 heterocycles. The van der Waals surface area contributed by atoms with Crippen LogP contribution in [0.4, 0.5) is 5.69 Å². The molecule has 0 saturated carbocycles. The summed E-state index contributed by atoms with van der Waals surface area (Å²) in [5.41, 5.74) is 6.13. The van der Waals surface area contributed by atoms with Crippen LogP contribution in [0.15, 0.2) is 78.9 Å². The van der Waals surface area contributed by atoms with Crippen LogP contribution in [0.3, 0.4) is 0 Å². The first-order valence-electron chi connectivity index (χ1n) is 7.83. The van der Waals surface area contributed by atoms with Crippen LogP contribution in [0.25, 0.3) is 23.3 Å². The average Bonchev–Trinajstić information content (AvgIpc) is 2.61. The molecular formula is C22H21N. The Labute approximate surface area is 138 Å². The highest BCUT2D eigenvalue weighted by Crippen LogP contribution is 2.21. The molecule has 0 aliphatic carbocycles. The third-order valence-electron chi connectivity index (χ3n) is 3.87. The van der Waals surface area contributed by atoms with Crippen LogP contribution in [0, 0.1) is 0 Å². The molecular weight excluding hydrogens is 278 g/mol. The van der Waals surface area contributed by atoms with Gasteiger partial charge in [-0.2, -0.15) is 0 Å². The summed E-state index contributed by atoms with van der Waals surface area (Å²) < 4.78 is 0. The molecule has 3 rings (SSSR count). The van der Waals surface area contributed by atoms with Crippen LogP contribution in [-0.2, 0) is 0 Å². The maximum Gasteiger partial charge on any atom is 0.0361 e. The summed E-state index contributed by atoms with van der Waals surface area (Å²) in [4.78, 5) is 2.11. The monoisotopic (exact) mass is 299 g/mol. The molecule has 1 nitrogen and oxygen atoms in total. The van der Waals surface area contributed by atoms with Crippen molar-refractivity contribution in [2.45, 2.75) is 0 Å². The van der Waals surface area contributed by atoms with E-state index in [0.29, 0.717) is 0 Å². The highest BCUT2D eigenvalue weighted by atomic mass is 15.1. The third kappa shape index (κ3) is 3.89. The fourth-order valence-corrected chi connectivity index (χ4v) is 2.53. The average molecular weight is 299 g/mol. The summed E-state index contributed by atoms with van der Waals surface area (Å²) in [6.07, 6.45) is 4.32. The third-order valence-corrected chi connectivity index (χ3v) is 3.87. The Morgan fingerprint density at radius 2 is 1.26 bits per heavy atom. The summed E-state index contributed by atoms with van der Waals surface area (Å²) in [6.45, 7) is 0. The van der Waals surface area contributed by atoms with Gasteiger partial charge in [0.1, 0.15) is 0 Å². The van der Waals surface area contributed by atoms with E-state index in [4.69, 9.17) is 0 Å². The molecule has 0 N–H and O–H groups in total. The van der Waals surface area contributed by atoms with Gasteiger partial charge in [-0.3, -0.25) is 0 Å². The van der Waals surface area contributed by atoms with Gasteiger partial charge in [-0.05, 0) is 40.5 Å². The molecule has 0 bridgehead atoms. The van der Waals surface area contributed by atoms with Gasteiger partial charge in [-0.25, -0.2) is 0 Å². The van der Waals surface area contributed by atoms with Gasteiger partial charge in [0.2, 0.25) is 0 Å². The van der Waals surface area contributed by atoms with E-state index in [1.165, 1.54) is 27.9 Å². The van der Waals surface area contributed by atoms with Crippen LogP contribution in [0.2, 0.25) is 0 Å². The Hall–Kier alpha value is -2.80. The van der Waals surface area contributed by atoms with Crippen LogP contribution in [0.1, 0.15) is 11.1 Å². The summed E-state index contributed by atoms with van der Waals surface area (Å²) in [6, 6.07) is 27.7. The highest BCUT2D eigenvalue weighted by Gasteiger charge is 1.97. The van der Waals surface area contributed by atoms with Gasteiger partial charge in [0.15, 0.2) is 0 Å². The number of rotatable bonds is 4. The topological polar surface area (TPSA) is 3.24 Å². The van der Waals surface area contributed by atoms with Gasteiger partial charge >= 0.3 is 0 Å². The molecule has 0 amide bonds. The van der Waals surface area contributed by atoms with Gasteiger partial charge in [-0.15, -0.1) is 0 Å². The van der Waals surface area contributed by atoms with Crippen molar-refractivity contribution in [3.8, 4) is 11.1 Å². The zero-order chi connectivity index (χ0) is 16.1. The summed E-state index contributed by atoms with van der Waals surface area (Å²) >= 11 is 0. The minimum absolute atomic E-state index is 1.21. The van der Waals surface area contributed by atoms with Gasteiger partial charge in [0.25, 0.3) is 0 Å². The molecule has 1 heteroatoms. The number of hydrogen-bond acceptors (Lipinski definition) is 1. The summed E-state index contributed by atoms with van der Waals surface area (Å²) in [5.74, 6) is 0. The molecule has 0 fully saturated rings. The Kier molecular flexibility index (Phi) is 4.58. The molecule has 0 aromatic heterocycles. The van der Waals surface area contributed by atoms with Gasteiger partial charge in [0, 0.05) is 19.8 Å². The maximum atomic E-state index is 2.22. The highest BCUT2D eigenvalue weighted by molar-refractivity contribution is 5.74. The number of nitrogens with zero attached hydrogens (tertiary/aromatic N) is 1.